The van der Waals surface area contributed by atoms with Crippen LogP contribution in [0.15, 0.2) is 36.4 Å². The van der Waals surface area contributed by atoms with Crippen molar-refractivity contribution in [1.29, 1.82) is 5.26 Å². The Morgan fingerprint density at radius 2 is 1.59 bits per heavy atom. The van der Waals surface area contributed by atoms with Gasteiger partial charge in [-0.25, -0.2) is 13.2 Å². The van der Waals surface area contributed by atoms with Crippen LogP contribution >= 0.6 is 0 Å². The van der Waals surface area contributed by atoms with E-state index in [0.717, 1.165) is 0 Å². The average molecular weight is 489 g/mol. The van der Waals surface area contributed by atoms with E-state index in [1.807, 2.05) is 20.8 Å². The minimum Gasteiger partial charge on any atom is -0.490 e. The molecule has 0 aliphatic heterocycles. The van der Waals surface area contributed by atoms with Crippen LogP contribution in [0.1, 0.15) is 61.6 Å². The number of nitrogens with one attached hydrogen (secondary N) is 1. The number of methoxy groups -OCH3 is 1. The molecule has 0 saturated carbocycles. The molecule has 0 aromatic heterocycles. The molecule has 9 heteroatoms. The lowest BCUT2D eigenvalue weighted by atomic mass is 9.94. The van der Waals surface area contributed by atoms with Gasteiger partial charge in [0, 0.05) is 11.9 Å². The molecule has 0 spiro atoms. The lowest BCUT2D eigenvalue weighted by molar-refractivity contribution is -0.141. The number of hydrogen-bond donors (Lipinski definition) is 1. The molecule has 0 heterocycles. The Labute approximate surface area is 201 Å². The Bertz CT molecular complexity index is 1120. The number of carbonyl (C=O) groups is 1. The minimum atomic E-state index is -3.52. The van der Waals surface area contributed by atoms with E-state index < -0.39 is 27.1 Å². The van der Waals surface area contributed by atoms with Gasteiger partial charge in [0.25, 0.3) is 0 Å². The highest BCUT2D eigenvalue weighted by atomic mass is 32.2. The third-order valence-electron chi connectivity index (χ3n) is 5.24. The van der Waals surface area contributed by atoms with Crippen LogP contribution in [-0.4, -0.2) is 41.0 Å². The highest BCUT2D eigenvalue weighted by Crippen LogP contribution is 2.41. The van der Waals surface area contributed by atoms with Gasteiger partial charge in [-0.3, -0.25) is 0 Å². The summed E-state index contributed by atoms with van der Waals surface area (Å²) in [5, 5.41) is 11.3. The summed E-state index contributed by atoms with van der Waals surface area (Å²) < 4.78 is 42.2. The standard InChI is InChI=1S/C25H32N2O6S/c1-6-9-23(34(5,29)30)19-14-21(32-7-2)22(33-8-3)15-20(19)24(25(28)31-4)27-18-12-10-17(16-26)11-13-18/h10-15,23-24,27H,6-9H2,1-5H3. The largest absolute Gasteiger partial charge is 0.490 e. The van der Waals surface area contributed by atoms with Crippen LogP contribution in [0.4, 0.5) is 5.69 Å². The van der Waals surface area contributed by atoms with E-state index in [4.69, 9.17) is 19.5 Å². The third kappa shape index (κ3) is 6.64. The summed E-state index contributed by atoms with van der Waals surface area (Å²) in [5.41, 5.74) is 1.92. The van der Waals surface area contributed by atoms with Gasteiger partial charge in [-0.05, 0) is 67.8 Å². The van der Waals surface area contributed by atoms with E-state index in [9.17, 15) is 13.2 Å². The molecule has 0 fully saturated rings. The predicted molar refractivity (Wildman–Crippen MR) is 131 cm³/mol. The maximum absolute atomic E-state index is 12.9. The molecule has 2 rings (SSSR count). The van der Waals surface area contributed by atoms with Gasteiger partial charge in [-0.15, -0.1) is 0 Å². The molecule has 2 atom stereocenters. The molecule has 2 aromatic carbocycles. The number of rotatable bonds is 12. The second-order valence-electron chi connectivity index (χ2n) is 7.69. The van der Waals surface area contributed by atoms with Crippen LogP contribution in [0.2, 0.25) is 0 Å². The van der Waals surface area contributed by atoms with Crippen molar-refractivity contribution in [1.82, 2.24) is 0 Å². The molecule has 0 saturated heterocycles. The average Bonchev–Trinajstić information content (AvgIpc) is 2.81. The van der Waals surface area contributed by atoms with E-state index in [-0.39, 0.29) is 0 Å². The molecule has 0 bridgehead atoms. The molecular formula is C25H32N2O6S. The van der Waals surface area contributed by atoms with Gasteiger partial charge < -0.3 is 19.5 Å². The van der Waals surface area contributed by atoms with Gasteiger partial charge in [0.2, 0.25) is 0 Å². The summed E-state index contributed by atoms with van der Waals surface area (Å²) >= 11 is 0. The van der Waals surface area contributed by atoms with Crippen LogP contribution in [0.5, 0.6) is 11.5 Å². The van der Waals surface area contributed by atoms with Crippen molar-refractivity contribution in [2.24, 2.45) is 0 Å². The summed E-state index contributed by atoms with van der Waals surface area (Å²) in [6, 6.07) is 10.9. The smallest absolute Gasteiger partial charge is 0.333 e. The lowest BCUT2D eigenvalue weighted by Gasteiger charge is -2.26. The monoisotopic (exact) mass is 488 g/mol. The number of ether oxygens (including phenoxy) is 3. The number of benzene rings is 2. The van der Waals surface area contributed by atoms with Crippen molar-refractivity contribution < 1.29 is 27.4 Å². The lowest BCUT2D eigenvalue weighted by Crippen LogP contribution is -2.25. The number of nitriles is 1. The molecule has 0 aliphatic carbocycles. The van der Waals surface area contributed by atoms with Crippen molar-refractivity contribution in [3.63, 3.8) is 0 Å². The highest BCUT2D eigenvalue weighted by Gasteiger charge is 2.33. The van der Waals surface area contributed by atoms with Crippen LogP contribution in [0, 0.1) is 11.3 Å². The summed E-state index contributed by atoms with van der Waals surface area (Å²) in [5.74, 6) is 0.221. The summed E-state index contributed by atoms with van der Waals surface area (Å²) in [7, 11) is -2.25. The van der Waals surface area contributed by atoms with Gasteiger partial charge in [-0.2, -0.15) is 5.26 Å². The number of nitrogens with zero attached hydrogens (tertiary/aromatic N) is 1. The maximum Gasteiger partial charge on any atom is 0.333 e. The van der Waals surface area contributed by atoms with E-state index in [1.54, 1.807) is 36.4 Å². The fraction of sp³-hybridized carbons (Fsp3) is 0.440. The molecular weight excluding hydrogens is 456 g/mol. The molecule has 8 nitrogen and oxygen atoms in total. The van der Waals surface area contributed by atoms with E-state index in [0.29, 0.717) is 59.9 Å². The Balaban J connectivity index is 2.77. The van der Waals surface area contributed by atoms with E-state index in [1.165, 1.54) is 13.4 Å². The summed E-state index contributed by atoms with van der Waals surface area (Å²) in [6.45, 7) is 6.28. The van der Waals surface area contributed by atoms with Crippen molar-refractivity contribution in [2.75, 3.05) is 31.9 Å². The second-order valence-corrected chi connectivity index (χ2v) is 9.92. The first-order valence-electron chi connectivity index (χ1n) is 11.2. The molecule has 1 N–H and O–H groups in total. The first-order valence-corrected chi connectivity index (χ1v) is 13.1. The van der Waals surface area contributed by atoms with Crippen LogP contribution in [0.3, 0.4) is 0 Å². The van der Waals surface area contributed by atoms with Gasteiger partial charge in [0.05, 0.1) is 37.2 Å². The Morgan fingerprint density at radius 1 is 1.03 bits per heavy atom. The zero-order valence-electron chi connectivity index (χ0n) is 20.3. The number of carbonyl (C=O) groups excluding carboxylic acids is 1. The topological polar surface area (TPSA) is 115 Å². The molecule has 34 heavy (non-hydrogen) atoms. The zero-order valence-corrected chi connectivity index (χ0v) is 21.1. The predicted octanol–water partition coefficient (Wildman–Crippen LogP) is 4.57. The number of hydrogen-bond acceptors (Lipinski definition) is 8. The van der Waals surface area contributed by atoms with Crippen LogP contribution in [-0.2, 0) is 19.4 Å². The third-order valence-corrected chi connectivity index (χ3v) is 6.76. The molecule has 0 amide bonds. The fourth-order valence-electron chi connectivity index (χ4n) is 3.71. The van der Waals surface area contributed by atoms with Gasteiger partial charge >= 0.3 is 5.97 Å². The Kier molecular flexibility index (Phi) is 9.75. The SMILES string of the molecule is CCCC(c1cc(OCC)c(OCC)cc1C(Nc1ccc(C#N)cc1)C(=O)OC)S(C)(=O)=O. The van der Waals surface area contributed by atoms with E-state index in [2.05, 4.69) is 11.4 Å². The van der Waals surface area contributed by atoms with E-state index >= 15 is 0 Å². The first kappa shape index (κ1) is 27.0. The highest BCUT2D eigenvalue weighted by molar-refractivity contribution is 7.90. The molecule has 0 radical (unpaired) electrons. The van der Waals surface area contributed by atoms with Crippen molar-refractivity contribution in [3.8, 4) is 17.6 Å². The summed E-state index contributed by atoms with van der Waals surface area (Å²) in [4.78, 5) is 12.9. The minimum absolute atomic E-state index is 0.356. The van der Waals surface area contributed by atoms with Gasteiger partial charge in [0.1, 0.15) is 0 Å². The molecule has 184 valence electrons. The number of anilines is 1. The first-order chi connectivity index (χ1) is 16.2. The van der Waals surface area contributed by atoms with Crippen molar-refractivity contribution >= 4 is 21.5 Å². The molecule has 0 aliphatic rings. The fourth-order valence-corrected chi connectivity index (χ4v) is 5.04. The van der Waals surface area contributed by atoms with Crippen molar-refractivity contribution in [3.05, 3.63) is 53.1 Å². The Hall–Kier alpha value is -3.25. The van der Waals surface area contributed by atoms with Crippen LogP contribution in [0.25, 0.3) is 0 Å². The molecule has 2 unspecified atom stereocenters. The maximum atomic E-state index is 12.9. The second kappa shape index (κ2) is 12.3. The Morgan fingerprint density at radius 3 is 2.03 bits per heavy atom. The molecule has 2 aromatic rings. The number of esters is 1. The normalized spacial score (nSPS) is 12.8. The van der Waals surface area contributed by atoms with Gasteiger partial charge in [-0.1, -0.05) is 13.3 Å². The van der Waals surface area contributed by atoms with Gasteiger partial charge in [0.15, 0.2) is 27.4 Å². The van der Waals surface area contributed by atoms with Crippen molar-refractivity contribution in [2.45, 2.75) is 44.9 Å². The zero-order chi connectivity index (χ0) is 25.3. The number of sulfone groups is 1. The van der Waals surface area contributed by atoms with Crippen LogP contribution < -0.4 is 14.8 Å². The summed E-state index contributed by atoms with van der Waals surface area (Å²) in [6.07, 6.45) is 2.19. The quantitative estimate of drug-likeness (QED) is 0.432.